The molecule has 0 saturated heterocycles. The number of amides is 5. The van der Waals surface area contributed by atoms with Crippen LogP contribution in [0.2, 0.25) is 0 Å². The molecule has 39 heavy (non-hydrogen) atoms. The number of aliphatic carboxylic acids is 1. The third kappa shape index (κ3) is 9.61. The van der Waals surface area contributed by atoms with Gasteiger partial charge in [0.25, 0.3) is 0 Å². The number of carbonyl (C=O) groups excluding carboxylic acids is 5. The van der Waals surface area contributed by atoms with Gasteiger partial charge in [-0.15, -0.1) is 0 Å². The minimum absolute atomic E-state index is 0.0127. The highest BCUT2D eigenvalue weighted by molar-refractivity contribution is 7.80. The molecule has 0 radical (unpaired) electrons. The monoisotopic (exact) mass is 563 g/mol. The van der Waals surface area contributed by atoms with E-state index in [1.54, 1.807) is 6.20 Å². The molecule has 4 atom stereocenters. The fourth-order valence-electron chi connectivity index (χ4n) is 3.74. The molecule has 1 aromatic heterocycles. The van der Waals surface area contributed by atoms with E-state index < -0.39 is 59.7 Å². The van der Waals surface area contributed by atoms with Crippen LogP contribution in [0.4, 0.5) is 0 Å². The first-order valence-electron chi connectivity index (χ1n) is 12.0. The number of carboxylic acids is 1. The fourth-order valence-corrected chi connectivity index (χ4v) is 3.90. The number of para-hydroxylation sites is 1. The summed E-state index contributed by atoms with van der Waals surface area (Å²) in [7, 11) is 0. The average molecular weight is 564 g/mol. The molecule has 0 aliphatic carbocycles. The van der Waals surface area contributed by atoms with Crippen molar-refractivity contribution in [2.75, 3.05) is 5.75 Å². The number of nitrogens with two attached hydrogens (primary N) is 3. The van der Waals surface area contributed by atoms with E-state index in [4.69, 9.17) is 17.2 Å². The number of fused-ring (bicyclic) bond motifs is 1. The Morgan fingerprint density at radius 1 is 0.846 bits per heavy atom. The number of rotatable bonds is 16. The lowest BCUT2D eigenvalue weighted by Gasteiger charge is -2.25. The van der Waals surface area contributed by atoms with Crippen molar-refractivity contribution in [3.05, 3.63) is 36.0 Å². The van der Waals surface area contributed by atoms with Crippen molar-refractivity contribution in [3.8, 4) is 0 Å². The number of carboxylic acid groups (broad SMARTS) is 1. The van der Waals surface area contributed by atoms with Gasteiger partial charge in [-0.25, -0.2) is 4.79 Å². The summed E-state index contributed by atoms with van der Waals surface area (Å²) in [5.41, 5.74) is 17.5. The number of hydrogen-bond acceptors (Lipinski definition) is 8. The zero-order chi connectivity index (χ0) is 29.1. The molecule has 5 amide bonds. The molecule has 0 aliphatic rings. The lowest BCUT2D eigenvalue weighted by Crippen LogP contribution is -2.58. The Bertz CT molecular complexity index is 1220. The largest absolute Gasteiger partial charge is 0.480 e. The Balaban J connectivity index is 2.29. The molecule has 1 heterocycles. The number of carbonyl (C=O) groups is 6. The van der Waals surface area contributed by atoms with Crippen LogP contribution in [0.1, 0.15) is 31.2 Å². The molecule has 0 fully saturated rings. The van der Waals surface area contributed by atoms with Gasteiger partial charge in [0.15, 0.2) is 0 Å². The standard InChI is InChI=1S/C24H33N7O7S/c25-14(11-39)21(34)31-18(9-12-10-28-15-4-2-1-3-13(12)15)23(36)29-16(5-7-19(26)32)22(35)30-17(24(37)38)6-8-20(27)33/h1-4,10,14,16-18,28,39H,5-9,11,25H2,(H2,26,32)(H2,27,33)(H,29,36)(H,30,35)(H,31,34)(H,37,38). The Hall–Kier alpha value is -4.11. The van der Waals surface area contributed by atoms with Crippen LogP contribution < -0.4 is 33.2 Å². The van der Waals surface area contributed by atoms with Gasteiger partial charge < -0.3 is 43.2 Å². The summed E-state index contributed by atoms with van der Waals surface area (Å²) >= 11 is 4.01. The maximum absolute atomic E-state index is 13.4. The molecular formula is C24H33N7O7S. The average Bonchev–Trinajstić information content (AvgIpc) is 3.29. The maximum atomic E-state index is 13.4. The second-order valence-corrected chi connectivity index (χ2v) is 9.25. The Morgan fingerprint density at radius 3 is 1.97 bits per heavy atom. The minimum Gasteiger partial charge on any atom is -0.480 e. The summed E-state index contributed by atoms with van der Waals surface area (Å²) < 4.78 is 0. The lowest BCUT2D eigenvalue weighted by atomic mass is 10.0. The number of nitrogens with one attached hydrogen (secondary N) is 4. The van der Waals surface area contributed by atoms with Gasteiger partial charge in [0.1, 0.15) is 18.1 Å². The quantitative estimate of drug-likeness (QED) is 0.103. The van der Waals surface area contributed by atoms with Gasteiger partial charge in [-0.05, 0) is 24.5 Å². The normalized spacial score (nSPS) is 14.0. The fraction of sp³-hybridized carbons (Fsp3) is 0.417. The molecular weight excluding hydrogens is 530 g/mol. The predicted octanol–water partition coefficient (Wildman–Crippen LogP) is -1.96. The van der Waals surface area contributed by atoms with Crippen LogP contribution in [0, 0.1) is 0 Å². The molecule has 2 aromatic rings. The second kappa shape index (κ2) is 14.7. The van der Waals surface area contributed by atoms with Crippen molar-refractivity contribution in [1.82, 2.24) is 20.9 Å². The summed E-state index contributed by atoms with van der Waals surface area (Å²) in [6.45, 7) is 0. The summed E-state index contributed by atoms with van der Waals surface area (Å²) in [5.74, 6) is -5.29. The van der Waals surface area contributed by atoms with E-state index >= 15 is 0 Å². The van der Waals surface area contributed by atoms with E-state index in [-0.39, 0.29) is 37.9 Å². The SMILES string of the molecule is NC(=O)CCC(NC(=O)C(CCC(N)=O)NC(=O)C(Cc1c[nH]c2ccccc12)NC(=O)C(N)CS)C(=O)O. The van der Waals surface area contributed by atoms with Crippen molar-refractivity contribution in [2.24, 2.45) is 17.2 Å². The van der Waals surface area contributed by atoms with Gasteiger partial charge in [0, 0.05) is 42.1 Å². The highest BCUT2D eigenvalue weighted by atomic mass is 32.1. The van der Waals surface area contributed by atoms with Crippen molar-refractivity contribution in [1.29, 1.82) is 0 Å². The summed E-state index contributed by atoms with van der Waals surface area (Å²) in [6.07, 6.45) is 0.554. The summed E-state index contributed by atoms with van der Waals surface area (Å²) in [6, 6.07) is 2.23. The molecule has 4 unspecified atom stereocenters. The van der Waals surface area contributed by atoms with E-state index in [0.717, 1.165) is 10.9 Å². The molecule has 0 spiro atoms. The molecule has 0 bridgehead atoms. The number of aromatic nitrogens is 1. The first-order valence-corrected chi connectivity index (χ1v) is 12.7. The van der Waals surface area contributed by atoms with Crippen LogP contribution >= 0.6 is 12.6 Å². The van der Waals surface area contributed by atoms with Gasteiger partial charge in [-0.1, -0.05) is 18.2 Å². The smallest absolute Gasteiger partial charge is 0.326 e. The minimum atomic E-state index is -1.48. The third-order valence-corrected chi connectivity index (χ3v) is 6.27. The van der Waals surface area contributed by atoms with E-state index in [1.807, 2.05) is 24.3 Å². The van der Waals surface area contributed by atoms with Crippen LogP contribution in [0.5, 0.6) is 0 Å². The van der Waals surface area contributed by atoms with Crippen molar-refractivity contribution >= 4 is 59.0 Å². The summed E-state index contributed by atoms with van der Waals surface area (Å²) in [4.78, 5) is 76.0. The number of hydrogen-bond donors (Lipinski definition) is 9. The van der Waals surface area contributed by atoms with E-state index in [0.29, 0.717) is 5.56 Å². The molecule has 15 heteroatoms. The number of H-pyrrole nitrogens is 1. The van der Waals surface area contributed by atoms with Gasteiger partial charge in [0.2, 0.25) is 29.5 Å². The molecule has 0 saturated carbocycles. The number of aromatic amines is 1. The molecule has 2 rings (SSSR count). The van der Waals surface area contributed by atoms with Crippen LogP contribution in [0.25, 0.3) is 10.9 Å². The molecule has 14 nitrogen and oxygen atoms in total. The maximum Gasteiger partial charge on any atom is 0.326 e. The van der Waals surface area contributed by atoms with Crippen LogP contribution in [0.15, 0.2) is 30.5 Å². The Labute approximate surface area is 229 Å². The van der Waals surface area contributed by atoms with Crippen molar-refractivity contribution in [2.45, 2.75) is 56.3 Å². The highest BCUT2D eigenvalue weighted by Crippen LogP contribution is 2.19. The molecule has 212 valence electrons. The van der Waals surface area contributed by atoms with Crippen LogP contribution in [-0.4, -0.2) is 75.5 Å². The van der Waals surface area contributed by atoms with Crippen molar-refractivity contribution in [3.63, 3.8) is 0 Å². The topological polar surface area (TPSA) is 253 Å². The number of thiol groups is 1. The molecule has 1 aromatic carbocycles. The predicted molar refractivity (Wildman–Crippen MR) is 144 cm³/mol. The zero-order valence-electron chi connectivity index (χ0n) is 21.0. The lowest BCUT2D eigenvalue weighted by molar-refractivity contribution is -0.142. The van der Waals surface area contributed by atoms with Gasteiger partial charge in [0.05, 0.1) is 6.04 Å². The number of primary amides is 2. The van der Waals surface area contributed by atoms with E-state index in [9.17, 15) is 33.9 Å². The summed E-state index contributed by atoms with van der Waals surface area (Å²) in [5, 5.41) is 17.5. The molecule has 11 N–H and O–H groups in total. The zero-order valence-corrected chi connectivity index (χ0v) is 21.9. The first kappa shape index (κ1) is 31.1. The van der Waals surface area contributed by atoms with Crippen LogP contribution in [-0.2, 0) is 35.2 Å². The highest BCUT2D eigenvalue weighted by Gasteiger charge is 2.31. The van der Waals surface area contributed by atoms with Gasteiger partial charge in [-0.3, -0.25) is 24.0 Å². The van der Waals surface area contributed by atoms with Gasteiger partial charge >= 0.3 is 5.97 Å². The molecule has 0 aliphatic heterocycles. The van der Waals surface area contributed by atoms with Gasteiger partial charge in [-0.2, -0.15) is 12.6 Å². The first-order chi connectivity index (χ1) is 18.4. The number of benzene rings is 1. The Kier molecular flexibility index (Phi) is 11.7. The van der Waals surface area contributed by atoms with E-state index in [2.05, 4.69) is 33.6 Å². The van der Waals surface area contributed by atoms with Crippen LogP contribution in [0.3, 0.4) is 0 Å². The second-order valence-electron chi connectivity index (χ2n) is 8.88. The van der Waals surface area contributed by atoms with Crippen molar-refractivity contribution < 1.29 is 33.9 Å². The third-order valence-electron chi connectivity index (χ3n) is 5.87. The Morgan fingerprint density at radius 2 is 1.38 bits per heavy atom. The van der Waals surface area contributed by atoms with E-state index in [1.165, 1.54) is 0 Å².